The minimum Gasteiger partial charge on any atom is -0.428 e. The van der Waals surface area contributed by atoms with Crippen molar-refractivity contribution in [3.63, 3.8) is 0 Å². The molecule has 2 nitrogen and oxygen atoms in total. The van der Waals surface area contributed by atoms with E-state index in [0.29, 0.717) is 0 Å². The lowest BCUT2D eigenvalue weighted by Crippen LogP contribution is -1.99. The molecule has 0 aliphatic heterocycles. The van der Waals surface area contributed by atoms with E-state index in [4.69, 9.17) is 20.9 Å². The van der Waals surface area contributed by atoms with Gasteiger partial charge in [-0.05, 0) is 77.0 Å². The van der Waals surface area contributed by atoms with Crippen molar-refractivity contribution in [1.29, 1.82) is 0 Å². The minimum atomic E-state index is -2.66. The largest absolute Gasteiger partial charge is 0.428 e. The van der Waals surface area contributed by atoms with Gasteiger partial charge in [-0.25, -0.2) is 0 Å². The third-order valence-corrected chi connectivity index (χ3v) is 9.37. The highest BCUT2D eigenvalue weighted by Crippen LogP contribution is 2.61. The van der Waals surface area contributed by atoms with Crippen LogP contribution in [0.15, 0.2) is 78.9 Å². The maximum absolute atomic E-state index is 6.38. The van der Waals surface area contributed by atoms with Gasteiger partial charge in [0.05, 0.1) is 0 Å². The van der Waals surface area contributed by atoms with Crippen LogP contribution in [0.4, 0.5) is 0 Å². The molecule has 0 bridgehead atoms. The zero-order chi connectivity index (χ0) is 21.2. The van der Waals surface area contributed by atoms with E-state index in [1.165, 1.54) is 16.7 Å². The van der Waals surface area contributed by atoms with Crippen LogP contribution >= 0.6 is 17.1 Å². The molecule has 0 amide bonds. The molecule has 0 spiro atoms. The van der Waals surface area contributed by atoms with Gasteiger partial charge in [-0.15, -0.1) is 0 Å². The lowest BCUT2D eigenvalue weighted by Gasteiger charge is -2.23. The highest BCUT2D eigenvalue weighted by Gasteiger charge is 2.24. The van der Waals surface area contributed by atoms with E-state index in [9.17, 15) is 0 Å². The molecule has 30 heavy (non-hydrogen) atoms. The molecule has 0 unspecified atom stereocenters. The van der Waals surface area contributed by atoms with E-state index < -0.39 is 5.69 Å². The Labute approximate surface area is 189 Å². The number of aryl methyl sites for hydroxylation is 2. The third-order valence-electron chi connectivity index (χ3n) is 4.54. The average Bonchev–Trinajstić information content (AvgIpc) is 2.74. The Hall–Kier alpha value is -1.74. The van der Waals surface area contributed by atoms with Crippen molar-refractivity contribution >= 4 is 28.9 Å². The molecule has 3 rings (SSSR count). The summed E-state index contributed by atoms with van der Waals surface area (Å²) in [6.45, 7) is 4.36. The number of hydrogen-bond acceptors (Lipinski definition) is 4. The molecule has 3 aromatic rings. The summed E-state index contributed by atoms with van der Waals surface area (Å²) in [6, 6.07) is 26.8. The third kappa shape index (κ3) is 7.19. The Balaban J connectivity index is 1.82. The fourth-order valence-electron chi connectivity index (χ4n) is 3.15. The Morgan fingerprint density at radius 1 is 0.700 bits per heavy atom. The van der Waals surface area contributed by atoms with E-state index >= 15 is 0 Å². The van der Waals surface area contributed by atoms with Crippen LogP contribution in [0.25, 0.3) is 0 Å². The van der Waals surface area contributed by atoms with Gasteiger partial charge in [-0.1, -0.05) is 81.3 Å². The first-order valence-electron chi connectivity index (χ1n) is 10.5. The predicted octanol–water partition coefficient (Wildman–Crippen LogP) is 8.21. The first-order valence-corrected chi connectivity index (χ1v) is 14.7. The number of rotatable bonds is 11. The van der Waals surface area contributed by atoms with Gasteiger partial charge in [0.1, 0.15) is 11.5 Å². The van der Waals surface area contributed by atoms with Crippen molar-refractivity contribution in [3.05, 3.63) is 95.6 Å². The highest BCUT2D eigenvalue weighted by atomic mass is 32.9. The van der Waals surface area contributed by atoms with Gasteiger partial charge in [0.15, 0.2) is 0 Å². The zero-order valence-electron chi connectivity index (χ0n) is 17.6. The molecule has 5 heteroatoms. The monoisotopic (exact) mass is 456 g/mol. The average molecular weight is 457 g/mol. The fraction of sp³-hybridized carbons (Fsp3) is 0.280. The minimum absolute atomic E-state index is 0.751. The van der Waals surface area contributed by atoms with Crippen LogP contribution in [0, 0.1) is 0 Å². The van der Waals surface area contributed by atoms with Crippen molar-refractivity contribution in [1.82, 2.24) is 0 Å². The molecule has 3 aromatic carbocycles. The molecule has 0 aliphatic carbocycles. The Bertz CT molecular complexity index is 920. The second-order valence-electron chi connectivity index (χ2n) is 7.18. The van der Waals surface area contributed by atoms with Crippen molar-refractivity contribution < 1.29 is 9.05 Å². The van der Waals surface area contributed by atoms with Crippen molar-refractivity contribution in [2.45, 2.75) is 45.3 Å². The summed E-state index contributed by atoms with van der Waals surface area (Å²) in [5, 5.41) is 0. The van der Waals surface area contributed by atoms with Crippen LogP contribution in [0.3, 0.4) is 0 Å². The van der Waals surface area contributed by atoms with E-state index in [2.05, 4.69) is 50.2 Å². The molecule has 0 radical (unpaired) electrons. The summed E-state index contributed by atoms with van der Waals surface area (Å²) in [7, 11) is 0. The van der Waals surface area contributed by atoms with E-state index in [0.717, 1.165) is 42.9 Å². The zero-order valence-corrected chi connectivity index (χ0v) is 20.1. The Morgan fingerprint density at radius 2 is 1.20 bits per heavy atom. The normalized spacial score (nSPS) is 11.3. The molecule has 0 heterocycles. The van der Waals surface area contributed by atoms with Crippen LogP contribution in [-0.4, -0.2) is 0 Å². The van der Waals surface area contributed by atoms with Crippen LogP contribution in [-0.2, 0) is 30.4 Å². The van der Waals surface area contributed by atoms with Crippen LogP contribution < -0.4 is 9.05 Å². The summed E-state index contributed by atoms with van der Waals surface area (Å²) in [6.07, 6.45) is 4.25. The van der Waals surface area contributed by atoms with Crippen LogP contribution in [0.5, 0.6) is 11.5 Å². The molecular weight excluding hydrogens is 427 g/mol. The van der Waals surface area contributed by atoms with Gasteiger partial charge >= 0.3 is 5.69 Å². The Morgan fingerprint density at radius 3 is 1.70 bits per heavy atom. The summed E-state index contributed by atoms with van der Waals surface area (Å²) in [5.41, 5.74) is 1.07. The maximum atomic E-state index is 6.38. The predicted molar refractivity (Wildman–Crippen MR) is 134 cm³/mol. The van der Waals surface area contributed by atoms with Crippen molar-refractivity contribution in [3.8, 4) is 11.5 Å². The van der Waals surface area contributed by atoms with Crippen LogP contribution in [0.2, 0.25) is 0 Å². The van der Waals surface area contributed by atoms with Gasteiger partial charge in [0, 0.05) is 5.75 Å². The lowest BCUT2D eigenvalue weighted by atomic mass is 10.1. The molecular formula is C25H29O2PS2. The van der Waals surface area contributed by atoms with Crippen molar-refractivity contribution in [2.75, 3.05) is 0 Å². The van der Waals surface area contributed by atoms with Gasteiger partial charge in [-0.3, -0.25) is 0 Å². The Kier molecular flexibility index (Phi) is 8.87. The number of hydrogen-bond donors (Lipinski definition) is 0. The molecule has 158 valence electrons. The molecule has 0 aromatic heterocycles. The van der Waals surface area contributed by atoms with Gasteiger partial charge in [-0.2, -0.15) is 0 Å². The van der Waals surface area contributed by atoms with E-state index in [-0.39, 0.29) is 0 Å². The summed E-state index contributed by atoms with van der Waals surface area (Å²) in [5.74, 6) is 2.32. The topological polar surface area (TPSA) is 18.5 Å². The molecule has 0 saturated heterocycles. The lowest BCUT2D eigenvalue weighted by molar-refractivity contribution is 0.505. The number of benzene rings is 3. The molecule has 0 fully saturated rings. The van der Waals surface area contributed by atoms with Gasteiger partial charge < -0.3 is 9.05 Å². The SMILES string of the molecule is CCCc1cccc(OP(=S)(Oc2cccc(CCC)c2)SCc2ccccc2)c1. The highest BCUT2D eigenvalue weighted by molar-refractivity contribution is 8.67. The smallest absolute Gasteiger partial charge is 0.348 e. The van der Waals surface area contributed by atoms with Crippen molar-refractivity contribution in [2.24, 2.45) is 0 Å². The second kappa shape index (κ2) is 11.6. The maximum Gasteiger partial charge on any atom is 0.348 e. The summed E-state index contributed by atoms with van der Waals surface area (Å²) >= 11 is 7.60. The van der Waals surface area contributed by atoms with Gasteiger partial charge in [0.2, 0.25) is 0 Å². The first kappa shape index (κ1) is 22.9. The second-order valence-corrected chi connectivity index (χ2v) is 13.3. The summed E-state index contributed by atoms with van der Waals surface area (Å²) in [4.78, 5) is 0. The standard InChI is InChI=1S/C25H29O2PS2/c1-3-10-21-14-8-16-24(18-21)26-28(29,30-20-23-12-6-5-7-13-23)27-25-17-9-15-22(19-25)11-4-2/h5-9,12-19H,3-4,10-11,20H2,1-2H3. The quantitative estimate of drug-likeness (QED) is 0.271. The van der Waals surface area contributed by atoms with Gasteiger partial charge in [0.25, 0.3) is 0 Å². The van der Waals surface area contributed by atoms with E-state index in [1.54, 1.807) is 11.4 Å². The van der Waals surface area contributed by atoms with E-state index in [1.807, 2.05) is 42.5 Å². The molecule has 0 saturated carbocycles. The molecule has 0 aliphatic rings. The first-order chi connectivity index (χ1) is 14.6. The fourth-order valence-corrected chi connectivity index (χ4v) is 7.28. The van der Waals surface area contributed by atoms with Crippen LogP contribution in [0.1, 0.15) is 43.4 Å². The summed E-state index contributed by atoms with van der Waals surface area (Å²) < 4.78 is 12.8. The molecule has 0 atom stereocenters. The molecule has 0 N–H and O–H groups in total.